The molecule has 1 aliphatic heterocycles. The van der Waals surface area contributed by atoms with Crippen LogP contribution in [0.2, 0.25) is 0 Å². The molecule has 0 saturated carbocycles. The molecule has 0 aromatic heterocycles. The fourth-order valence-electron chi connectivity index (χ4n) is 3.19. The highest BCUT2D eigenvalue weighted by Gasteiger charge is 2.48. The highest BCUT2D eigenvalue weighted by Crippen LogP contribution is 2.30. The SMILES string of the molecule is Cc1ccc(Oc2ccc(NC(=O)C3(S(C)(=O)=O)CCNCC3)cc2)cc1. The van der Waals surface area contributed by atoms with E-state index in [1.54, 1.807) is 24.3 Å². The Balaban J connectivity index is 1.71. The molecule has 2 aromatic carbocycles. The number of carbonyl (C=O) groups is 1. The Kier molecular flexibility index (Phi) is 5.53. The Labute approximate surface area is 159 Å². The van der Waals surface area contributed by atoms with Crippen molar-refractivity contribution in [3.05, 3.63) is 54.1 Å². The average molecular weight is 388 g/mol. The molecule has 1 amide bonds. The fourth-order valence-corrected chi connectivity index (χ4v) is 4.52. The quantitative estimate of drug-likeness (QED) is 0.823. The molecule has 144 valence electrons. The predicted octanol–water partition coefficient (Wildman–Crippen LogP) is 2.89. The summed E-state index contributed by atoms with van der Waals surface area (Å²) in [5.41, 5.74) is 1.69. The van der Waals surface area contributed by atoms with Crippen molar-refractivity contribution < 1.29 is 17.9 Å². The minimum atomic E-state index is -3.54. The van der Waals surface area contributed by atoms with E-state index in [0.29, 0.717) is 24.5 Å². The standard InChI is InChI=1S/C20H24N2O4S/c1-15-3-7-17(8-4-15)26-18-9-5-16(6-10-18)22-19(23)20(27(2,24)25)11-13-21-14-12-20/h3-10,21H,11-14H2,1-2H3,(H,22,23). The molecule has 27 heavy (non-hydrogen) atoms. The number of amides is 1. The second-order valence-electron chi connectivity index (χ2n) is 6.91. The van der Waals surface area contributed by atoms with Gasteiger partial charge in [-0.3, -0.25) is 4.79 Å². The van der Waals surface area contributed by atoms with Crippen LogP contribution in [0, 0.1) is 6.92 Å². The lowest BCUT2D eigenvalue weighted by Gasteiger charge is -2.34. The van der Waals surface area contributed by atoms with Gasteiger partial charge in [-0.2, -0.15) is 0 Å². The monoisotopic (exact) mass is 388 g/mol. The first-order valence-electron chi connectivity index (χ1n) is 8.87. The normalized spacial score (nSPS) is 16.5. The Morgan fingerprint density at radius 1 is 1.00 bits per heavy atom. The lowest BCUT2D eigenvalue weighted by Crippen LogP contribution is -2.55. The molecule has 1 saturated heterocycles. The number of benzene rings is 2. The van der Waals surface area contributed by atoms with Gasteiger partial charge in [0.05, 0.1) is 0 Å². The summed E-state index contributed by atoms with van der Waals surface area (Å²) in [5.74, 6) is 0.887. The zero-order chi connectivity index (χ0) is 19.5. The predicted molar refractivity (Wildman–Crippen MR) is 106 cm³/mol. The van der Waals surface area contributed by atoms with Crippen LogP contribution < -0.4 is 15.4 Å². The molecule has 1 fully saturated rings. The van der Waals surface area contributed by atoms with Crippen LogP contribution in [-0.2, 0) is 14.6 Å². The van der Waals surface area contributed by atoms with E-state index in [0.717, 1.165) is 17.6 Å². The van der Waals surface area contributed by atoms with Crippen LogP contribution in [0.15, 0.2) is 48.5 Å². The van der Waals surface area contributed by atoms with Gasteiger partial charge >= 0.3 is 0 Å². The third-order valence-electron chi connectivity index (χ3n) is 4.90. The maximum atomic E-state index is 12.8. The topological polar surface area (TPSA) is 84.5 Å². The largest absolute Gasteiger partial charge is 0.457 e. The molecule has 0 unspecified atom stereocenters. The summed E-state index contributed by atoms with van der Waals surface area (Å²) in [6.07, 6.45) is 1.68. The Bertz CT molecular complexity index is 900. The number of rotatable bonds is 5. The Morgan fingerprint density at radius 2 is 1.52 bits per heavy atom. The van der Waals surface area contributed by atoms with Crippen molar-refractivity contribution in [2.45, 2.75) is 24.5 Å². The molecule has 7 heteroatoms. The van der Waals surface area contributed by atoms with E-state index in [2.05, 4.69) is 10.6 Å². The molecule has 1 heterocycles. The molecule has 6 nitrogen and oxygen atoms in total. The molecule has 0 aliphatic carbocycles. The Hall–Kier alpha value is -2.38. The van der Waals surface area contributed by atoms with Crippen molar-refractivity contribution in [2.24, 2.45) is 0 Å². The van der Waals surface area contributed by atoms with Crippen molar-refractivity contribution in [1.29, 1.82) is 0 Å². The van der Waals surface area contributed by atoms with Crippen LogP contribution in [0.4, 0.5) is 5.69 Å². The van der Waals surface area contributed by atoms with E-state index in [4.69, 9.17) is 4.74 Å². The number of piperidine rings is 1. The van der Waals surface area contributed by atoms with E-state index in [9.17, 15) is 13.2 Å². The smallest absolute Gasteiger partial charge is 0.245 e. The van der Waals surface area contributed by atoms with Crippen LogP contribution in [0.5, 0.6) is 11.5 Å². The number of anilines is 1. The summed E-state index contributed by atoms with van der Waals surface area (Å²) in [4.78, 5) is 12.8. The van der Waals surface area contributed by atoms with Gasteiger partial charge in [-0.1, -0.05) is 17.7 Å². The average Bonchev–Trinajstić information content (AvgIpc) is 2.65. The van der Waals surface area contributed by atoms with Gasteiger partial charge in [-0.15, -0.1) is 0 Å². The summed E-state index contributed by atoms with van der Waals surface area (Å²) >= 11 is 0. The van der Waals surface area contributed by atoms with Crippen molar-refractivity contribution in [2.75, 3.05) is 24.7 Å². The summed E-state index contributed by atoms with van der Waals surface area (Å²) in [6.45, 7) is 3.01. The van der Waals surface area contributed by atoms with Crippen LogP contribution in [0.3, 0.4) is 0 Å². The molecule has 2 aromatic rings. The molecule has 3 rings (SSSR count). The van der Waals surface area contributed by atoms with Crippen molar-refractivity contribution in [1.82, 2.24) is 5.32 Å². The van der Waals surface area contributed by atoms with Gasteiger partial charge in [0.1, 0.15) is 11.5 Å². The van der Waals surface area contributed by atoms with Gasteiger partial charge in [0.25, 0.3) is 0 Å². The molecular weight excluding hydrogens is 364 g/mol. The summed E-state index contributed by atoms with van der Waals surface area (Å²) in [6, 6.07) is 14.6. The van der Waals surface area contributed by atoms with Gasteiger partial charge in [-0.25, -0.2) is 8.42 Å². The summed E-state index contributed by atoms with van der Waals surface area (Å²) in [5, 5.41) is 5.86. The first-order valence-corrected chi connectivity index (χ1v) is 10.8. The molecule has 0 radical (unpaired) electrons. The minimum Gasteiger partial charge on any atom is -0.457 e. The summed E-state index contributed by atoms with van der Waals surface area (Å²) < 4.78 is 29.0. The van der Waals surface area contributed by atoms with Crippen molar-refractivity contribution in [3.8, 4) is 11.5 Å². The van der Waals surface area contributed by atoms with Crippen LogP contribution in [0.25, 0.3) is 0 Å². The zero-order valence-corrected chi connectivity index (χ0v) is 16.3. The number of hydrogen-bond donors (Lipinski definition) is 2. The van der Waals surface area contributed by atoms with E-state index < -0.39 is 20.5 Å². The summed E-state index contributed by atoms with van der Waals surface area (Å²) in [7, 11) is -3.54. The molecule has 2 N–H and O–H groups in total. The lowest BCUT2D eigenvalue weighted by molar-refractivity contribution is -0.119. The number of carbonyl (C=O) groups excluding carboxylic acids is 1. The molecule has 0 atom stereocenters. The lowest BCUT2D eigenvalue weighted by atomic mass is 9.95. The second-order valence-corrected chi connectivity index (χ2v) is 9.24. The van der Waals surface area contributed by atoms with E-state index >= 15 is 0 Å². The van der Waals surface area contributed by atoms with E-state index in [1.807, 2.05) is 31.2 Å². The Morgan fingerprint density at radius 3 is 2.04 bits per heavy atom. The molecular formula is C20H24N2O4S. The number of ether oxygens (including phenoxy) is 1. The van der Waals surface area contributed by atoms with Crippen molar-refractivity contribution >= 4 is 21.4 Å². The molecule has 0 spiro atoms. The van der Waals surface area contributed by atoms with Crippen LogP contribution in [-0.4, -0.2) is 38.4 Å². The van der Waals surface area contributed by atoms with E-state index in [-0.39, 0.29) is 12.8 Å². The fraction of sp³-hybridized carbons (Fsp3) is 0.350. The third-order valence-corrected chi connectivity index (χ3v) is 6.92. The van der Waals surface area contributed by atoms with Crippen LogP contribution in [0.1, 0.15) is 18.4 Å². The maximum absolute atomic E-state index is 12.8. The van der Waals surface area contributed by atoms with Gasteiger partial charge < -0.3 is 15.4 Å². The molecule has 1 aliphatic rings. The van der Waals surface area contributed by atoms with E-state index in [1.165, 1.54) is 0 Å². The second kappa shape index (κ2) is 7.70. The van der Waals surface area contributed by atoms with Crippen molar-refractivity contribution in [3.63, 3.8) is 0 Å². The van der Waals surface area contributed by atoms with Gasteiger partial charge in [0.2, 0.25) is 5.91 Å². The highest BCUT2D eigenvalue weighted by atomic mass is 32.2. The first kappa shape index (κ1) is 19.4. The van der Waals surface area contributed by atoms with Gasteiger partial charge in [-0.05, 0) is 69.3 Å². The number of sulfone groups is 1. The minimum absolute atomic E-state index is 0.270. The number of hydrogen-bond acceptors (Lipinski definition) is 5. The van der Waals surface area contributed by atoms with Crippen LogP contribution >= 0.6 is 0 Å². The van der Waals surface area contributed by atoms with Gasteiger partial charge in [0, 0.05) is 11.9 Å². The third kappa shape index (κ3) is 4.31. The zero-order valence-electron chi connectivity index (χ0n) is 15.5. The first-order chi connectivity index (χ1) is 12.8. The van der Waals surface area contributed by atoms with Gasteiger partial charge in [0.15, 0.2) is 14.6 Å². The number of aryl methyl sites for hydroxylation is 1. The highest BCUT2D eigenvalue weighted by molar-refractivity contribution is 7.92. The molecule has 0 bridgehead atoms. The maximum Gasteiger partial charge on any atom is 0.245 e. The number of nitrogens with one attached hydrogen (secondary N) is 2.